The van der Waals surface area contributed by atoms with Crippen molar-refractivity contribution >= 4 is 13.1 Å². The minimum Gasteiger partial charge on any atom is -0.466 e. The monoisotopic (exact) mass is 384 g/mol. The smallest absolute Gasteiger partial charge is 0.466 e. The van der Waals surface area contributed by atoms with Crippen LogP contribution in [-0.2, 0) is 18.8 Å². The maximum Gasteiger partial charge on any atom is 0.586 e. The first kappa shape index (κ1) is 19.9. The Hall–Kier alpha value is -1.87. The van der Waals surface area contributed by atoms with Gasteiger partial charge in [-0.1, -0.05) is 6.07 Å². The van der Waals surface area contributed by atoms with Gasteiger partial charge in [-0.2, -0.15) is 0 Å². The summed E-state index contributed by atoms with van der Waals surface area (Å²) in [5.41, 5.74) is -0.649. The zero-order valence-corrected chi connectivity index (χ0v) is 16.0. The third-order valence-electron chi connectivity index (χ3n) is 5.15. The lowest BCUT2D eigenvalue weighted by Crippen LogP contribution is -2.41. The summed E-state index contributed by atoms with van der Waals surface area (Å²) in [7, 11) is -0.750. The molecule has 0 N–H and O–H groups in total. The molecular weight excluding hydrogens is 361 g/mol. The molecule has 2 aliphatic rings. The summed E-state index contributed by atoms with van der Waals surface area (Å²) in [5.74, 6) is -1.15. The van der Waals surface area contributed by atoms with Gasteiger partial charge in [0.15, 0.2) is 11.5 Å². The van der Waals surface area contributed by atoms with Gasteiger partial charge in [0.25, 0.3) is 0 Å². The Balaban J connectivity index is 1.91. The molecule has 27 heavy (non-hydrogen) atoms. The number of hydrogen-bond acceptors (Lipinski definition) is 6. The number of ether oxygens (including phenoxy) is 3. The van der Waals surface area contributed by atoms with Crippen LogP contribution in [0.1, 0.15) is 52.4 Å². The Labute approximate surface area is 157 Å². The van der Waals surface area contributed by atoms with E-state index in [1.54, 1.807) is 13.0 Å². The molecule has 2 heterocycles. The molecule has 1 atom stereocenters. The van der Waals surface area contributed by atoms with Crippen molar-refractivity contribution in [1.82, 2.24) is 0 Å². The summed E-state index contributed by atoms with van der Waals surface area (Å²) < 4.78 is 52.8. The Kier molecular flexibility index (Phi) is 4.88. The standard InChI is InChI=1S/C18H23BF2O6/c1-6-23-15(22)10-12(19-26-16(2,3)17(4,5)27-19)11-7-8-13-14(9-11)25-18(20,21)24-13/h7-9,12H,6,10H2,1-5H3. The zero-order valence-electron chi connectivity index (χ0n) is 16.0. The number of rotatable bonds is 5. The van der Waals surface area contributed by atoms with Crippen LogP contribution < -0.4 is 9.47 Å². The van der Waals surface area contributed by atoms with E-state index in [-0.39, 0.29) is 24.5 Å². The SMILES string of the molecule is CCOC(=O)CC(B1OC(C)(C)C(C)(C)O1)c1ccc2c(c1)OC(F)(F)O2. The second-order valence-electron chi connectivity index (χ2n) is 7.61. The fourth-order valence-corrected chi connectivity index (χ4v) is 3.02. The van der Waals surface area contributed by atoms with Crippen molar-refractivity contribution in [2.45, 2.75) is 64.4 Å². The highest BCUT2D eigenvalue weighted by molar-refractivity contribution is 6.48. The molecule has 0 aliphatic carbocycles. The van der Waals surface area contributed by atoms with Gasteiger partial charge >= 0.3 is 19.4 Å². The van der Waals surface area contributed by atoms with Crippen molar-refractivity contribution in [2.24, 2.45) is 0 Å². The Bertz CT molecular complexity index is 721. The van der Waals surface area contributed by atoms with E-state index >= 15 is 0 Å². The predicted octanol–water partition coefficient (Wildman–Crippen LogP) is 3.68. The number of esters is 1. The Morgan fingerprint density at radius 1 is 1.11 bits per heavy atom. The van der Waals surface area contributed by atoms with E-state index < -0.39 is 36.4 Å². The highest BCUT2D eigenvalue weighted by Crippen LogP contribution is 2.45. The molecule has 0 spiro atoms. The fourth-order valence-electron chi connectivity index (χ4n) is 3.02. The van der Waals surface area contributed by atoms with Crippen LogP contribution in [0.3, 0.4) is 0 Å². The second-order valence-corrected chi connectivity index (χ2v) is 7.61. The van der Waals surface area contributed by atoms with Crippen LogP contribution in [0.4, 0.5) is 8.78 Å². The lowest BCUT2D eigenvalue weighted by molar-refractivity contribution is -0.286. The summed E-state index contributed by atoms with van der Waals surface area (Å²) in [6, 6.07) is 4.40. The highest BCUT2D eigenvalue weighted by Gasteiger charge is 2.54. The van der Waals surface area contributed by atoms with Gasteiger partial charge in [-0.05, 0) is 52.3 Å². The number of fused-ring (bicyclic) bond motifs is 1. The molecular formula is C18H23BF2O6. The molecule has 1 aromatic rings. The van der Waals surface area contributed by atoms with Crippen LogP contribution in [0.25, 0.3) is 0 Å². The van der Waals surface area contributed by atoms with Crippen molar-refractivity contribution in [1.29, 1.82) is 0 Å². The molecule has 0 bridgehead atoms. The average Bonchev–Trinajstić information content (AvgIpc) is 2.95. The first-order valence-electron chi connectivity index (χ1n) is 8.85. The van der Waals surface area contributed by atoms with Gasteiger partial charge in [-0.15, -0.1) is 8.78 Å². The minimum atomic E-state index is -3.71. The van der Waals surface area contributed by atoms with E-state index in [2.05, 4.69) is 9.47 Å². The topological polar surface area (TPSA) is 63.2 Å². The second kappa shape index (κ2) is 6.63. The Morgan fingerprint density at radius 3 is 2.30 bits per heavy atom. The number of alkyl halides is 2. The molecule has 2 aliphatic heterocycles. The van der Waals surface area contributed by atoms with Crippen molar-refractivity contribution in [3.05, 3.63) is 23.8 Å². The minimum absolute atomic E-state index is 0.0271. The van der Waals surface area contributed by atoms with Crippen molar-refractivity contribution in [3.8, 4) is 11.5 Å². The van der Waals surface area contributed by atoms with Crippen LogP contribution in [-0.4, -0.2) is 37.2 Å². The predicted molar refractivity (Wildman–Crippen MR) is 92.7 cm³/mol. The van der Waals surface area contributed by atoms with Crippen LogP contribution in [0, 0.1) is 0 Å². The summed E-state index contributed by atoms with van der Waals surface area (Å²) in [5, 5.41) is 0. The van der Waals surface area contributed by atoms with E-state index in [9.17, 15) is 13.6 Å². The number of hydrogen-bond donors (Lipinski definition) is 0. The zero-order chi connectivity index (χ0) is 20.0. The summed E-state index contributed by atoms with van der Waals surface area (Å²) in [4.78, 5) is 12.1. The first-order chi connectivity index (χ1) is 12.4. The molecule has 1 saturated heterocycles. The Morgan fingerprint density at radius 2 is 1.70 bits per heavy atom. The number of benzene rings is 1. The average molecular weight is 384 g/mol. The molecule has 6 nitrogen and oxygen atoms in total. The number of carbonyl (C=O) groups is 1. The van der Waals surface area contributed by atoms with Gasteiger partial charge in [0.2, 0.25) is 0 Å². The van der Waals surface area contributed by atoms with Gasteiger partial charge in [-0.3, -0.25) is 4.79 Å². The summed E-state index contributed by atoms with van der Waals surface area (Å²) in [6.45, 7) is 9.54. The molecule has 1 fully saturated rings. The largest absolute Gasteiger partial charge is 0.586 e. The van der Waals surface area contributed by atoms with E-state index in [4.69, 9.17) is 14.0 Å². The third-order valence-corrected chi connectivity index (χ3v) is 5.15. The van der Waals surface area contributed by atoms with E-state index in [1.165, 1.54) is 12.1 Å². The first-order valence-corrected chi connectivity index (χ1v) is 8.85. The fraction of sp³-hybridized carbons (Fsp3) is 0.611. The lowest BCUT2D eigenvalue weighted by atomic mass is 9.66. The maximum absolute atomic E-state index is 13.3. The van der Waals surface area contributed by atoms with E-state index in [0.717, 1.165) is 0 Å². The van der Waals surface area contributed by atoms with Crippen molar-refractivity contribution in [2.75, 3.05) is 6.61 Å². The molecule has 9 heteroatoms. The molecule has 1 aromatic carbocycles. The van der Waals surface area contributed by atoms with E-state index in [1.807, 2.05) is 27.7 Å². The van der Waals surface area contributed by atoms with Gasteiger partial charge in [-0.25, -0.2) is 0 Å². The number of carbonyl (C=O) groups excluding carboxylic acids is 1. The van der Waals surface area contributed by atoms with Gasteiger partial charge in [0.1, 0.15) is 0 Å². The van der Waals surface area contributed by atoms with Crippen molar-refractivity contribution in [3.63, 3.8) is 0 Å². The highest BCUT2D eigenvalue weighted by atomic mass is 19.3. The third kappa shape index (κ3) is 3.89. The van der Waals surface area contributed by atoms with Gasteiger partial charge < -0.3 is 23.5 Å². The summed E-state index contributed by atoms with van der Waals surface area (Å²) >= 11 is 0. The number of halogens is 2. The quantitative estimate of drug-likeness (QED) is 0.570. The van der Waals surface area contributed by atoms with Crippen LogP contribution in [0.5, 0.6) is 11.5 Å². The molecule has 0 saturated carbocycles. The van der Waals surface area contributed by atoms with Crippen LogP contribution >= 0.6 is 0 Å². The summed E-state index contributed by atoms with van der Waals surface area (Å²) in [6.07, 6.45) is -3.73. The lowest BCUT2D eigenvalue weighted by Gasteiger charge is -2.32. The van der Waals surface area contributed by atoms with Crippen LogP contribution in [0.15, 0.2) is 18.2 Å². The normalized spacial score (nSPS) is 22.6. The molecule has 0 aromatic heterocycles. The van der Waals surface area contributed by atoms with Crippen molar-refractivity contribution < 1.29 is 37.1 Å². The molecule has 1 unspecified atom stereocenters. The maximum atomic E-state index is 13.3. The molecule has 0 amide bonds. The van der Waals surface area contributed by atoms with Crippen LogP contribution in [0.2, 0.25) is 0 Å². The molecule has 148 valence electrons. The van der Waals surface area contributed by atoms with E-state index in [0.29, 0.717) is 5.56 Å². The molecule has 3 rings (SSSR count). The van der Waals surface area contributed by atoms with Gasteiger partial charge in [0.05, 0.1) is 24.2 Å². The van der Waals surface area contributed by atoms with Gasteiger partial charge in [0, 0.05) is 5.82 Å². The molecule has 0 radical (unpaired) electrons.